The topological polar surface area (TPSA) is 30.5 Å². The Morgan fingerprint density at radius 3 is 2.85 bits per heavy atom. The predicted molar refractivity (Wildman–Crippen MR) is 78.6 cm³/mol. The van der Waals surface area contributed by atoms with E-state index < -0.39 is 0 Å². The summed E-state index contributed by atoms with van der Waals surface area (Å²) in [5.74, 6) is 1.04. The summed E-state index contributed by atoms with van der Waals surface area (Å²) in [4.78, 5) is 5.46. The van der Waals surface area contributed by atoms with Gasteiger partial charge in [0.2, 0.25) is 0 Å². The van der Waals surface area contributed by atoms with Crippen LogP contribution in [0.15, 0.2) is 48.5 Å². The minimum Gasteiger partial charge on any atom is -0.493 e. The molecule has 3 nitrogen and oxygen atoms in total. The highest BCUT2D eigenvalue weighted by atomic mass is 16.6. The van der Waals surface area contributed by atoms with Crippen molar-refractivity contribution in [3.8, 4) is 5.75 Å². The van der Waals surface area contributed by atoms with Crippen molar-refractivity contribution >= 4 is 0 Å². The minimum atomic E-state index is 0.596. The maximum atomic E-state index is 5.51. The van der Waals surface area contributed by atoms with Crippen molar-refractivity contribution in [2.75, 3.05) is 13.2 Å². The quantitative estimate of drug-likeness (QED) is 0.646. The maximum absolute atomic E-state index is 5.51. The van der Waals surface area contributed by atoms with Crippen molar-refractivity contribution in [2.24, 2.45) is 0 Å². The molecule has 0 aromatic heterocycles. The SMILES string of the molecule is c1ccc(CONCCc2ccc3c(c2)CCO3)cc1. The molecule has 3 heteroatoms. The summed E-state index contributed by atoms with van der Waals surface area (Å²) in [5, 5.41) is 0. The molecule has 3 rings (SSSR count). The molecule has 1 aliphatic heterocycles. The van der Waals surface area contributed by atoms with Gasteiger partial charge in [-0.15, -0.1) is 0 Å². The first-order valence-corrected chi connectivity index (χ1v) is 7.05. The fourth-order valence-corrected chi connectivity index (χ4v) is 2.37. The molecule has 0 spiro atoms. The second-order valence-corrected chi connectivity index (χ2v) is 4.96. The van der Waals surface area contributed by atoms with Crippen LogP contribution in [0.5, 0.6) is 5.75 Å². The van der Waals surface area contributed by atoms with E-state index in [1.807, 2.05) is 18.2 Å². The molecule has 0 amide bonds. The molecule has 0 radical (unpaired) electrons. The first-order valence-electron chi connectivity index (χ1n) is 7.05. The number of rotatable bonds is 6. The zero-order chi connectivity index (χ0) is 13.6. The van der Waals surface area contributed by atoms with E-state index in [9.17, 15) is 0 Å². The minimum absolute atomic E-state index is 0.596. The van der Waals surface area contributed by atoms with E-state index >= 15 is 0 Å². The van der Waals surface area contributed by atoms with Crippen molar-refractivity contribution < 1.29 is 9.57 Å². The Kier molecular flexibility index (Phi) is 4.31. The molecule has 20 heavy (non-hydrogen) atoms. The molecule has 104 valence electrons. The lowest BCUT2D eigenvalue weighted by molar-refractivity contribution is 0.0288. The summed E-state index contributed by atoms with van der Waals surface area (Å²) < 4.78 is 5.51. The molecule has 0 saturated carbocycles. The number of hydrogen-bond acceptors (Lipinski definition) is 3. The van der Waals surface area contributed by atoms with Crippen molar-refractivity contribution in [3.63, 3.8) is 0 Å². The largest absolute Gasteiger partial charge is 0.493 e. The van der Waals surface area contributed by atoms with Crippen LogP contribution in [0.25, 0.3) is 0 Å². The van der Waals surface area contributed by atoms with Crippen LogP contribution in [-0.4, -0.2) is 13.2 Å². The molecule has 2 aromatic rings. The van der Waals surface area contributed by atoms with Crippen LogP contribution in [-0.2, 0) is 24.3 Å². The first kappa shape index (κ1) is 13.2. The Balaban J connectivity index is 1.40. The van der Waals surface area contributed by atoms with Gasteiger partial charge in [0.1, 0.15) is 5.75 Å². The predicted octanol–water partition coefficient (Wildman–Crippen LogP) is 2.89. The summed E-state index contributed by atoms with van der Waals surface area (Å²) in [5.41, 5.74) is 6.85. The van der Waals surface area contributed by atoms with E-state index in [1.165, 1.54) is 16.7 Å². The molecule has 0 fully saturated rings. The molecule has 1 aliphatic rings. The Morgan fingerprint density at radius 2 is 1.95 bits per heavy atom. The van der Waals surface area contributed by atoms with Gasteiger partial charge >= 0.3 is 0 Å². The standard InChI is InChI=1S/C17H19NO2/c1-2-4-15(5-3-1)13-20-18-10-8-14-6-7-17-16(12-14)9-11-19-17/h1-7,12,18H,8-11,13H2. The highest BCUT2D eigenvalue weighted by Gasteiger charge is 2.11. The molecule has 1 N–H and O–H groups in total. The van der Waals surface area contributed by atoms with Crippen LogP contribution in [0.1, 0.15) is 16.7 Å². The fraction of sp³-hybridized carbons (Fsp3) is 0.294. The fourth-order valence-electron chi connectivity index (χ4n) is 2.37. The summed E-state index contributed by atoms with van der Waals surface area (Å²) in [6.45, 7) is 2.22. The monoisotopic (exact) mass is 269 g/mol. The molecule has 0 unspecified atom stereocenters. The van der Waals surface area contributed by atoms with Gasteiger partial charge in [0, 0.05) is 13.0 Å². The molecule has 0 atom stereocenters. The van der Waals surface area contributed by atoms with E-state index in [0.29, 0.717) is 6.61 Å². The zero-order valence-corrected chi connectivity index (χ0v) is 11.5. The molecular formula is C17H19NO2. The Bertz CT molecular complexity index is 554. The normalized spacial score (nSPS) is 13.0. The number of nitrogens with one attached hydrogen (secondary N) is 1. The summed E-state index contributed by atoms with van der Waals surface area (Å²) in [7, 11) is 0. The summed E-state index contributed by atoms with van der Waals surface area (Å²) >= 11 is 0. The van der Waals surface area contributed by atoms with Gasteiger partial charge in [0.15, 0.2) is 0 Å². The number of fused-ring (bicyclic) bond motifs is 1. The highest BCUT2D eigenvalue weighted by Crippen LogP contribution is 2.25. The Morgan fingerprint density at radius 1 is 1.05 bits per heavy atom. The van der Waals surface area contributed by atoms with Crippen LogP contribution in [0.3, 0.4) is 0 Å². The molecule has 0 saturated heterocycles. The van der Waals surface area contributed by atoms with Gasteiger partial charge in [-0.05, 0) is 29.2 Å². The lowest BCUT2D eigenvalue weighted by Crippen LogP contribution is -2.17. The highest BCUT2D eigenvalue weighted by molar-refractivity contribution is 5.39. The number of benzene rings is 2. The van der Waals surface area contributed by atoms with Gasteiger partial charge in [-0.25, -0.2) is 5.48 Å². The van der Waals surface area contributed by atoms with E-state index in [1.54, 1.807) is 0 Å². The second kappa shape index (κ2) is 6.55. The van der Waals surface area contributed by atoms with E-state index in [-0.39, 0.29) is 0 Å². The van der Waals surface area contributed by atoms with Gasteiger partial charge in [-0.2, -0.15) is 0 Å². The van der Waals surface area contributed by atoms with Gasteiger partial charge in [0.25, 0.3) is 0 Å². The first-order chi connectivity index (χ1) is 9.92. The molecule has 1 heterocycles. The lowest BCUT2D eigenvalue weighted by atomic mass is 10.1. The smallest absolute Gasteiger partial charge is 0.122 e. The van der Waals surface area contributed by atoms with Crippen LogP contribution in [0.4, 0.5) is 0 Å². The Labute approximate surface area is 119 Å². The van der Waals surface area contributed by atoms with E-state index in [0.717, 1.165) is 31.7 Å². The van der Waals surface area contributed by atoms with Crippen LogP contribution < -0.4 is 10.2 Å². The number of ether oxygens (including phenoxy) is 1. The van der Waals surface area contributed by atoms with Crippen LogP contribution in [0.2, 0.25) is 0 Å². The molecule has 0 aliphatic carbocycles. The third-order valence-electron chi connectivity index (χ3n) is 3.45. The molecule has 0 bridgehead atoms. The number of hydroxylamine groups is 1. The summed E-state index contributed by atoms with van der Waals surface area (Å²) in [6, 6.07) is 16.6. The van der Waals surface area contributed by atoms with Gasteiger partial charge in [-0.1, -0.05) is 42.5 Å². The van der Waals surface area contributed by atoms with Gasteiger partial charge < -0.3 is 4.74 Å². The number of hydrogen-bond donors (Lipinski definition) is 1. The van der Waals surface area contributed by atoms with Crippen molar-refractivity contribution in [1.82, 2.24) is 5.48 Å². The van der Waals surface area contributed by atoms with Crippen LogP contribution in [0, 0.1) is 0 Å². The van der Waals surface area contributed by atoms with Crippen molar-refractivity contribution in [2.45, 2.75) is 19.4 Å². The average molecular weight is 269 g/mol. The Hall–Kier alpha value is -1.84. The third kappa shape index (κ3) is 3.38. The van der Waals surface area contributed by atoms with E-state index in [4.69, 9.17) is 9.57 Å². The van der Waals surface area contributed by atoms with Gasteiger partial charge in [0.05, 0.1) is 13.2 Å². The summed E-state index contributed by atoms with van der Waals surface area (Å²) in [6.07, 6.45) is 1.99. The van der Waals surface area contributed by atoms with Crippen LogP contribution >= 0.6 is 0 Å². The van der Waals surface area contributed by atoms with Crippen molar-refractivity contribution in [1.29, 1.82) is 0 Å². The van der Waals surface area contributed by atoms with Gasteiger partial charge in [-0.3, -0.25) is 4.84 Å². The second-order valence-electron chi connectivity index (χ2n) is 4.96. The zero-order valence-electron chi connectivity index (χ0n) is 11.5. The molecular weight excluding hydrogens is 250 g/mol. The third-order valence-corrected chi connectivity index (χ3v) is 3.45. The van der Waals surface area contributed by atoms with Crippen molar-refractivity contribution in [3.05, 3.63) is 65.2 Å². The lowest BCUT2D eigenvalue weighted by Gasteiger charge is -2.07. The average Bonchev–Trinajstić information content (AvgIpc) is 2.95. The molecule has 2 aromatic carbocycles. The maximum Gasteiger partial charge on any atom is 0.122 e. The van der Waals surface area contributed by atoms with E-state index in [2.05, 4.69) is 35.8 Å².